The molecule has 2 nitrogen and oxygen atoms in total. The minimum atomic E-state index is 0.577. The molecule has 0 radical (unpaired) electrons. The van der Waals surface area contributed by atoms with Crippen LogP contribution in [0.5, 0.6) is 0 Å². The molecule has 150 valence electrons. The van der Waals surface area contributed by atoms with Gasteiger partial charge in [0.05, 0.1) is 11.2 Å². The third-order valence-corrected chi connectivity index (χ3v) is 9.11. The minimum absolute atomic E-state index is 0.577. The van der Waals surface area contributed by atoms with Gasteiger partial charge >= 0.3 is 0 Å². The van der Waals surface area contributed by atoms with Crippen molar-refractivity contribution in [3.05, 3.63) is 48.4 Å². The summed E-state index contributed by atoms with van der Waals surface area (Å²) in [6.07, 6.45) is 11.2. The molecule has 1 heterocycles. The first-order valence-electron chi connectivity index (χ1n) is 12.0. The Balaban J connectivity index is 1.40. The number of benzene rings is 2. The standard InChI is InChI=1S/C28H28N2/c1-2-8-19-17(6-1)12-15-24-27(19)29-16-30-28(24)23-14-13-18-7-5-11-21-20-9-3-4-10-22(20)26(23)25(18)21/h1-2,6,8,12,15-16,18,20-23,25-26H,3-4,9-11,13-14H2. The highest BCUT2D eigenvalue weighted by Gasteiger charge is 2.57. The zero-order valence-electron chi connectivity index (χ0n) is 17.4. The summed E-state index contributed by atoms with van der Waals surface area (Å²) in [4.78, 5) is 9.74. The van der Waals surface area contributed by atoms with Crippen molar-refractivity contribution >= 4 is 21.7 Å². The lowest BCUT2D eigenvalue weighted by Crippen LogP contribution is -2.36. The summed E-state index contributed by atoms with van der Waals surface area (Å²) in [5, 5.41) is 3.82. The van der Waals surface area contributed by atoms with E-state index in [0.29, 0.717) is 11.8 Å². The van der Waals surface area contributed by atoms with Gasteiger partial charge in [0.2, 0.25) is 0 Å². The first kappa shape index (κ1) is 17.3. The van der Waals surface area contributed by atoms with Crippen molar-refractivity contribution < 1.29 is 0 Å². The predicted molar refractivity (Wildman–Crippen MR) is 121 cm³/mol. The number of nitrogens with zero attached hydrogens (tertiary/aromatic N) is 2. The molecule has 3 aromatic rings. The zero-order chi connectivity index (χ0) is 19.7. The third kappa shape index (κ3) is 2.33. The average molecular weight is 393 g/mol. The smallest absolute Gasteiger partial charge is 0.116 e. The topological polar surface area (TPSA) is 25.8 Å². The molecule has 1 aromatic heterocycles. The molecule has 0 aliphatic heterocycles. The average Bonchev–Trinajstić information content (AvgIpc) is 3.15. The van der Waals surface area contributed by atoms with Gasteiger partial charge in [-0.15, -0.1) is 5.92 Å². The fourth-order valence-corrected chi connectivity index (χ4v) is 8.13. The molecule has 2 heteroatoms. The van der Waals surface area contributed by atoms with Crippen LogP contribution in [0.1, 0.15) is 56.6 Å². The summed E-state index contributed by atoms with van der Waals surface area (Å²) in [5.41, 5.74) is 2.47. The van der Waals surface area contributed by atoms with Crippen LogP contribution < -0.4 is 0 Å². The molecule has 0 spiro atoms. The van der Waals surface area contributed by atoms with Crippen LogP contribution in [0.2, 0.25) is 0 Å². The molecular formula is C28H28N2. The van der Waals surface area contributed by atoms with Gasteiger partial charge in [0.1, 0.15) is 6.33 Å². The molecule has 3 saturated carbocycles. The highest BCUT2D eigenvalue weighted by atomic mass is 14.8. The molecule has 0 saturated heterocycles. The Morgan fingerprint density at radius 1 is 0.767 bits per heavy atom. The van der Waals surface area contributed by atoms with Crippen LogP contribution in [0.4, 0.5) is 0 Å². The van der Waals surface area contributed by atoms with Crippen LogP contribution in [-0.4, -0.2) is 9.97 Å². The van der Waals surface area contributed by atoms with Crippen LogP contribution in [0.15, 0.2) is 42.7 Å². The van der Waals surface area contributed by atoms with E-state index in [4.69, 9.17) is 9.97 Å². The molecule has 30 heavy (non-hydrogen) atoms. The van der Waals surface area contributed by atoms with Gasteiger partial charge in [0.15, 0.2) is 0 Å². The number of rotatable bonds is 1. The monoisotopic (exact) mass is 392 g/mol. The molecule has 7 rings (SSSR count). The number of hydrogen-bond donors (Lipinski definition) is 0. The molecule has 4 aliphatic rings. The van der Waals surface area contributed by atoms with Crippen molar-refractivity contribution in [1.29, 1.82) is 0 Å². The highest BCUT2D eigenvalue weighted by Crippen LogP contribution is 2.64. The minimum Gasteiger partial charge on any atom is -0.240 e. The van der Waals surface area contributed by atoms with Gasteiger partial charge in [0.25, 0.3) is 0 Å². The van der Waals surface area contributed by atoms with Gasteiger partial charge in [-0.25, -0.2) is 9.97 Å². The second-order valence-electron chi connectivity index (χ2n) is 10.2. The maximum absolute atomic E-state index is 4.98. The largest absolute Gasteiger partial charge is 0.240 e. The predicted octanol–water partition coefficient (Wildman–Crippen LogP) is 6.35. The molecule has 7 unspecified atom stereocenters. The van der Waals surface area contributed by atoms with E-state index in [1.165, 1.54) is 60.4 Å². The van der Waals surface area contributed by atoms with Crippen molar-refractivity contribution in [2.24, 2.45) is 35.5 Å². The normalized spacial score (nSPS) is 36.7. The third-order valence-electron chi connectivity index (χ3n) is 9.11. The summed E-state index contributed by atoms with van der Waals surface area (Å²) < 4.78 is 0. The second kappa shape index (κ2) is 6.55. The molecular weight excluding hydrogens is 364 g/mol. The van der Waals surface area contributed by atoms with Gasteiger partial charge in [-0.3, -0.25) is 0 Å². The van der Waals surface area contributed by atoms with Crippen molar-refractivity contribution in [3.63, 3.8) is 0 Å². The van der Waals surface area contributed by atoms with Gasteiger partial charge in [-0.05, 0) is 60.7 Å². The molecule has 7 atom stereocenters. The van der Waals surface area contributed by atoms with Gasteiger partial charge in [-0.1, -0.05) is 55.2 Å². The van der Waals surface area contributed by atoms with E-state index in [1.807, 2.05) is 6.33 Å². The van der Waals surface area contributed by atoms with Crippen molar-refractivity contribution in [3.8, 4) is 11.8 Å². The summed E-state index contributed by atoms with van der Waals surface area (Å²) in [6, 6.07) is 13.2. The molecule has 2 aromatic carbocycles. The molecule has 3 fully saturated rings. The Bertz CT molecular complexity index is 1200. The van der Waals surface area contributed by atoms with E-state index in [2.05, 4.69) is 48.2 Å². The fraction of sp³-hybridized carbons (Fsp3) is 0.500. The van der Waals surface area contributed by atoms with Gasteiger partial charge in [-0.2, -0.15) is 0 Å². The van der Waals surface area contributed by atoms with Crippen molar-refractivity contribution in [2.75, 3.05) is 0 Å². The van der Waals surface area contributed by atoms with E-state index >= 15 is 0 Å². The van der Waals surface area contributed by atoms with E-state index in [9.17, 15) is 0 Å². The fourth-order valence-electron chi connectivity index (χ4n) is 8.13. The lowest BCUT2D eigenvalue weighted by molar-refractivity contribution is 0.125. The molecule has 4 aliphatic carbocycles. The zero-order valence-corrected chi connectivity index (χ0v) is 17.4. The number of fused-ring (bicyclic) bond motifs is 6. The van der Waals surface area contributed by atoms with Crippen LogP contribution in [0, 0.1) is 47.3 Å². The summed E-state index contributed by atoms with van der Waals surface area (Å²) in [5.74, 6) is 12.7. The quantitative estimate of drug-likeness (QED) is 0.356. The first-order chi connectivity index (χ1) is 14.9. The Hall–Kier alpha value is -2.40. The lowest BCUT2D eigenvalue weighted by atomic mass is 9.61. The van der Waals surface area contributed by atoms with Crippen LogP contribution in [0.25, 0.3) is 21.7 Å². The van der Waals surface area contributed by atoms with E-state index in [0.717, 1.165) is 41.5 Å². The first-order valence-corrected chi connectivity index (χ1v) is 12.0. The van der Waals surface area contributed by atoms with Gasteiger partial charge in [0, 0.05) is 29.0 Å². The Morgan fingerprint density at radius 2 is 1.67 bits per heavy atom. The summed E-state index contributed by atoms with van der Waals surface area (Å²) in [7, 11) is 0. The van der Waals surface area contributed by atoms with E-state index in [-0.39, 0.29) is 0 Å². The lowest BCUT2D eigenvalue weighted by Gasteiger charge is -2.42. The molecule has 0 N–H and O–H groups in total. The Labute approximate surface area is 178 Å². The van der Waals surface area contributed by atoms with Gasteiger partial charge < -0.3 is 0 Å². The maximum Gasteiger partial charge on any atom is 0.116 e. The van der Waals surface area contributed by atoms with E-state index in [1.54, 1.807) is 0 Å². The molecule has 0 bridgehead atoms. The van der Waals surface area contributed by atoms with Crippen molar-refractivity contribution in [2.45, 2.75) is 50.9 Å². The maximum atomic E-state index is 4.98. The molecule has 0 amide bonds. The highest BCUT2D eigenvalue weighted by molar-refractivity contribution is 6.05. The van der Waals surface area contributed by atoms with Crippen LogP contribution in [0.3, 0.4) is 0 Å². The summed E-state index contributed by atoms with van der Waals surface area (Å²) in [6.45, 7) is 0. The SMILES string of the molecule is C1#CC2CCC(c3ncnc4c3ccc3ccccc34)C3C4CCCCC4C(C1)C23. The Kier molecular flexibility index (Phi) is 3.78. The number of hydrogen-bond acceptors (Lipinski definition) is 2. The Morgan fingerprint density at radius 3 is 2.63 bits per heavy atom. The second-order valence-corrected chi connectivity index (χ2v) is 10.2. The van der Waals surface area contributed by atoms with Crippen LogP contribution in [-0.2, 0) is 0 Å². The number of aromatic nitrogens is 2. The van der Waals surface area contributed by atoms with Crippen molar-refractivity contribution in [1.82, 2.24) is 9.97 Å². The van der Waals surface area contributed by atoms with Crippen LogP contribution >= 0.6 is 0 Å². The summed E-state index contributed by atoms with van der Waals surface area (Å²) >= 11 is 0. The van der Waals surface area contributed by atoms with E-state index < -0.39 is 0 Å².